The Bertz CT molecular complexity index is 858. The molecule has 0 radical (unpaired) electrons. The molecule has 0 unspecified atom stereocenters. The van der Waals surface area contributed by atoms with Crippen molar-refractivity contribution >= 4 is 17.5 Å². The SMILES string of the molecule is CCNC(=O)c1ccccc1NC(=O)c1cc(C(F)(F)F)cc(C(F)(F)F)c1. The zero-order valence-corrected chi connectivity index (χ0v) is 14.3. The molecule has 0 spiro atoms. The first-order valence-corrected chi connectivity index (χ1v) is 7.91. The van der Waals surface area contributed by atoms with Crippen molar-refractivity contribution in [1.82, 2.24) is 5.32 Å². The van der Waals surface area contributed by atoms with E-state index in [1.54, 1.807) is 6.92 Å². The van der Waals surface area contributed by atoms with Gasteiger partial charge in [-0.2, -0.15) is 26.3 Å². The molecule has 0 heterocycles. The van der Waals surface area contributed by atoms with Crippen molar-refractivity contribution in [3.8, 4) is 0 Å². The van der Waals surface area contributed by atoms with Gasteiger partial charge in [-0.1, -0.05) is 12.1 Å². The standard InChI is InChI=1S/C18H14F6N2O2/c1-2-25-16(28)13-5-3-4-6-14(13)26-15(27)10-7-11(17(19,20)21)9-12(8-10)18(22,23)24/h3-9H,2H2,1H3,(H,25,28)(H,26,27). The average molecular weight is 404 g/mol. The summed E-state index contributed by atoms with van der Waals surface area (Å²) in [5.74, 6) is -1.77. The van der Waals surface area contributed by atoms with Gasteiger partial charge < -0.3 is 10.6 Å². The zero-order chi connectivity index (χ0) is 21.1. The van der Waals surface area contributed by atoms with E-state index in [2.05, 4.69) is 10.6 Å². The number of halogens is 6. The first kappa shape index (κ1) is 21.3. The van der Waals surface area contributed by atoms with Crippen LogP contribution in [0.5, 0.6) is 0 Å². The number of carbonyl (C=O) groups excluding carboxylic acids is 2. The van der Waals surface area contributed by atoms with Crippen molar-refractivity contribution in [1.29, 1.82) is 0 Å². The highest BCUT2D eigenvalue weighted by molar-refractivity contribution is 6.09. The van der Waals surface area contributed by atoms with Crippen LogP contribution in [0.2, 0.25) is 0 Å². The topological polar surface area (TPSA) is 58.2 Å². The van der Waals surface area contributed by atoms with E-state index in [9.17, 15) is 35.9 Å². The maximum absolute atomic E-state index is 12.9. The monoisotopic (exact) mass is 404 g/mol. The molecule has 0 aliphatic rings. The van der Waals surface area contributed by atoms with Crippen LogP contribution in [0.1, 0.15) is 38.8 Å². The number of carbonyl (C=O) groups is 2. The summed E-state index contributed by atoms with van der Waals surface area (Å²) in [5, 5.41) is 4.67. The van der Waals surface area contributed by atoms with Crippen molar-refractivity contribution in [2.45, 2.75) is 19.3 Å². The lowest BCUT2D eigenvalue weighted by Crippen LogP contribution is -2.25. The largest absolute Gasteiger partial charge is 0.416 e. The van der Waals surface area contributed by atoms with E-state index in [0.29, 0.717) is 12.1 Å². The third-order valence-electron chi connectivity index (χ3n) is 3.61. The number of amides is 2. The summed E-state index contributed by atoms with van der Waals surface area (Å²) >= 11 is 0. The molecule has 0 aliphatic carbocycles. The number of alkyl halides is 6. The molecule has 10 heteroatoms. The molecule has 0 bridgehead atoms. The van der Waals surface area contributed by atoms with Crippen LogP contribution in [-0.4, -0.2) is 18.4 Å². The molecule has 28 heavy (non-hydrogen) atoms. The summed E-state index contributed by atoms with van der Waals surface area (Å²) in [5.41, 5.74) is -4.09. The number of hydrogen-bond donors (Lipinski definition) is 2. The van der Waals surface area contributed by atoms with Gasteiger partial charge in [-0.05, 0) is 37.3 Å². The van der Waals surface area contributed by atoms with Crippen LogP contribution in [0.25, 0.3) is 0 Å². The second-order valence-electron chi connectivity index (χ2n) is 5.65. The minimum Gasteiger partial charge on any atom is -0.352 e. The van der Waals surface area contributed by atoms with Crippen LogP contribution in [0.4, 0.5) is 32.0 Å². The van der Waals surface area contributed by atoms with Gasteiger partial charge in [0, 0.05) is 12.1 Å². The van der Waals surface area contributed by atoms with Crippen molar-refractivity contribution in [2.24, 2.45) is 0 Å². The third kappa shape index (κ3) is 5.02. The Morgan fingerprint density at radius 3 is 1.89 bits per heavy atom. The van der Waals surface area contributed by atoms with Crippen LogP contribution in [0, 0.1) is 0 Å². The summed E-state index contributed by atoms with van der Waals surface area (Å²) < 4.78 is 77.6. The summed E-state index contributed by atoms with van der Waals surface area (Å²) in [6.45, 7) is 1.93. The lowest BCUT2D eigenvalue weighted by molar-refractivity contribution is -0.143. The smallest absolute Gasteiger partial charge is 0.352 e. The first-order chi connectivity index (χ1) is 12.9. The maximum Gasteiger partial charge on any atom is 0.416 e. The van der Waals surface area contributed by atoms with Crippen LogP contribution in [0.15, 0.2) is 42.5 Å². The maximum atomic E-state index is 12.9. The summed E-state index contributed by atoms with van der Waals surface area (Å²) in [7, 11) is 0. The van der Waals surface area contributed by atoms with Gasteiger partial charge in [0.25, 0.3) is 11.8 Å². The Kier molecular flexibility index (Phi) is 6.01. The molecule has 0 aliphatic heterocycles. The van der Waals surface area contributed by atoms with E-state index in [4.69, 9.17) is 0 Å². The molecule has 2 aromatic rings. The molecular weight excluding hydrogens is 390 g/mol. The fraction of sp³-hybridized carbons (Fsp3) is 0.222. The fourth-order valence-corrected chi connectivity index (χ4v) is 2.33. The van der Waals surface area contributed by atoms with E-state index >= 15 is 0 Å². The molecule has 2 rings (SSSR count). The molecule has 0 aromatic heterocycles. The van der Waals surface area contributed by atoms with E-state index in [0.717, 1.165) is 0 Å². The van der Waals surface area contributed by atoms with Crippen molar-refractivity contribution in [2.75, 3.05) is 11.9 Å². The quantitative estimate of drug-likeness (QED) is 0.725. The summed E-state index contributed by atoms with van der Waals surface area (Å²) in [6.07, 6.45) is -10.1. The van der Waals surface area contributed by atoms with E-state index in [-0.39, 0.29) is 23.9 Å². The molecule has 2 N–H and O–H groups in total. The molecular formula is C18H14F6N2O2. The lowest BCUT2D eigenvalue weighted by Gasteiger charge is -2.15. The predicted octanol–water partition coefficient (Wildman–Crippen LogP) is 4.73. The second-order valence-corrected chi connectivity index (χ2v) is 5.65. The number of hydrogen-bond acceptors (Lipinski definition) is 2. The van der Waals surface area contributed by atoms with E-state index in [1.807, 2.05) is 0 Å². The van der Waals surface area contributed by atoms with Crippen LogP contribution < -0.4 is 10.6 Å². The summed E-state index contributed by atoms with van der Waals surface area (Å²) in [6, 6.07) is 6.17. The minimum atomic E-state index is -5.07. The Morgan fingerprint density at radius 1 is 0.857 bits per heavy atom. The van der Waals surface area contributed by atoms with Gasteiger partial charge in [-0.15, -0.1) is 0 Å². The van der Waals surface area contributed by atoms with Crippen molar-refractivity contribution < 1.29 is 35.9 Å². The van der Waals surface area contributed by atoms with Gasteiger partial charge in [0.15, 0.2) is 0 Å². The minimum absolute atomic E-state index is 0.0146. The Morgan fingerprint density at radius 2 is 1.39 bits per heavy atom. The molecule has 2 amide bonds. The molecule has 0 fully saturated rings. The van der Waals surface area contributed by atoms with Crippen LogP contribution in [0.3, 0.4) is 0 Å². The van der Waals surface area contributed by atoms with Gasteiger partial charge >= 0.3 is 12.4 Å². The predicted molar refractivity (Wildman–Crippen MR) is 88.8 cm³/mol. The van der Waals surface area contributed by atoms with Gasteiger partial charge in [0.1, 0.15) is 0 Å². The Balaban J connectivity index is 2.44. The van der Waals surface area contributed by atoms with E-state index < -0.39 is 40.9 Å². The second kappa shape index (κ2) is 7.91. The Hall–Kier alpha value is -3.04. The van der Waals surface area contributed by atoms with Crippen LogP contribution in [-0.2, 0) is 12.4 Å². The number of anilines is 1. The van der Waals surface area contributed by atoms with Crippen molar-refractivity contribution in [3.05, 3.63) is 64.7 Å². The van der Waals surface area contributed by atoms with Gasteiger partial charge in [-0.3, -0.25) is 9.59 Å². The first-order valence-electron chi connectivity index (χ1n) is 7.91. The average Bonchev–Trinajstić information content (AvgIpc) is 2.60. The molecule has 0 saturated carbocycles. The van der Waals surface area contributed by atoms with Gasteiger partial charge in [0.05, 0.1) is 22.4 Å². The third-order valence-corrected chi connectivity index (χ3v) is 3.61. The zero-order valence-electron chi connectivity index (χ0n) is 14.3. The normalized spacial score (nSPS) is 11.8. The highest BCUT2D eigenvalue weighted by Gasteiger charge is 2.37. The molecule has 4 nitrogen and oxygen atoms in total. The lowest BCUT2D eigenvalue weighted by atomic mass is 10.0. The van der Waals surface area contributed by atoms with E-state index in [1.165, 1.54) is 24.3 Å². The number of nitrogens with one attached hydrogen (secondary N) is 2. The highest BCUT2D eigenvalue weighted by Crippen LogP contribution is 2.36. The molecule has 0 atom stereocenters. The number of rotatable bonds is 4. The van der Waals surface area contributed by atoms with Gasteiger partial charge in [0.2, 0.25) is 0 Å². The summed E-state index contributed by atoms with van der Waals surface area (Å²) in [4.78, 5) is 24.3. The molecule has 2 aromatic carbocycles. The Labute approximate surface area is 155 Å². The highest BCUT2D eigenvalue weighted by atomic mass is 19.4. The van der Waals surface area contributed by atoms with Crippen LogP contribution >= 0.6 is 0 Å². The van der Waals surface area contributed by atoms with Gasteiger partial charge in [-0.25, -0.2) is 0 Å². The molecule has 0 saturated heterocycles. The number of benzene rings is 2. The number of para-hydroxylation sites is 1. The fourth-order valence-electron chi connectivity index (χ4n) is 2.33. The van der Waals surface area contributed by atoms with Crippen molar-refractivity contribution in [3.63, 3.8) is 0 Å². The molecule has 150 valence electrons.